The molecule has 0 bridgehead atoms. The van der Waals surface area contributed by atoms with Crippen LogP contribution in [0.15, 0.2) is 5.38 Å². The first kappa shape index (κ1) is 13.5. The monoisotopic (exact) mass is 266 g/mol. The summed E-state index contributed by atoms with van der Waals surface area (Å²) in [5.74, 6) is 1.52. The van der Waals surface area contributed by atoms with Crippen LogP contribution in [0.2, 0.25) is 0 Å². The molecule has 1 amide bonds. The van der Waals surface area contributed by atoms with E-state index in [1.807, 2.05) is 4.90 Å². The molecule has 0 N–H and O–H groups in total. The average Bonchev–Trinajstić information content (AvgIpc) is 2.86. The fraction of sp³-hybridized carbons (Fsp3) is 0.714. The minimum atomic E-state index is 0.298. The molecule has 1 aliphatic heterocycles. The van der Waals surface area contributed by atoms with Crippen molar-refractivity contribution in [3.63, 3.8) is 0 Å². The number of rotatable bonds is 5. The van der Waals surface area contributed by atoms with E-state index in [2.05, 4.69) is 31.1 Å². The first-order valence-electron chi connectivity index (χ1n) is 6.79. The van der Waals surface area contributed by atoms with Crippen molar-refractivity contribution in [2.75, 3.05) is 6.54 Å². The standard InChI is InChI=1S/C14H22N2OS/c1-4-13-15-12(9-18-13)8-16-7-11(5-10(2)3)6-14(16)17/h9-11H,4-8H2,1-3H3/t11-/m0/s1. The first-order valence-corrected chi connectivity index (χ1v) is 7.67. The molecule has 1 atom stereocenters. The van der Waals surface area contributed by atoms with E-state index in [-0.39, 0.29) is 0 Å². The smallest absolute Gasteiger partial charge is 0.223 e. The van der Waals surface area contributed by atoms with Crippen LogP contribution in [0.5, 0.6) is 0 Å². The van der Waals surface area contributed by atoms with Gasteiger partial charge in [0.25, 0.3) is 0 Å². The van der Waals surface area contributed by atoms with Crippen molar-refractivity contribution in [1.82, 2.24) is 9.88 Å². The van der Waals surface area contributed by atoms with Crippen molar-refractivity contribution in [1.29, 1.82) is 0 Å². The van der Waals surface area contributed by atoms with Crippen molar-refractivity contribution in [3.05, 3.63) is 16.1 Å². The second kappa shape index (κ2) is 5.83. The Bertz CT molecular complexity index is 414. The number of hydrogen-bond acceptors (Lipinski definition) is 3. The number of aryl methyl sites for hydroxylation is 1. The number of carbonyl (C=O) groups excluding carboxylic acids is 1. The van der Waals surface area contributed by atoms with Crippen molar-refractivity contribution >= 4 is 17.2 Å². The third-order valence-corrected chi connectivity index (χ3v) is 4.40. The molecule has 100 valence electrons. The molecule has 0 saturated carbocycles. The van der Waals surface area contributed by atoms with Gasteiger partial charge in [-0.15, -0.1) is 11.3 Å². The van der Waals surface area contributed by atoms with Crippen molar-refractivity contribution < 1.29 is 4.79 Å². The minimum absolute atomic E-state index is 0.298. The first-order chi connectivity index (χ1) is 8.58. The summed E-state index contributed by atoms with van der Waals surface area (Å²) < 4.78 is 0. The van der Waals surface area contributed by atoms with Crippen LogP contribution in [0.25, 0.3) is 0 Å². The van der Waals surface area contributed by atoms with Gasteiger partial charge >= 0.3 is 0 Å². The van der Waals surface area contributed by atoms with Gasteiger partial charge in [-0.05, 0) is 24.7 Å². The lowest BCUT2D eigenvalue weighted by Crippen LogP contribution is -2.24. The Morgan fingerprint density at radius 2 is 2.33 bits per heavy atom. The van der Waals surface area contributed by atoms with Crippen molar-refractivity contribution in [2.24, 2.45) is 11.8 Å². The maximum Gasteiger partial charge on any atom is 0.223 e. The van der Waals surface area contributed by atoms with Gasteiger partial charge in [0.2, 0.25) is 5.91 Å². The molecule has 0 aliphatic carbocycles. The zero-order valence-electron chi connectivity index (χ0n) is 11.5. The summed E-state index contributed by atoms with van der Waals surface area (Å²) in [6.07, 6.45) is 2.86. The maximum absolute atomic E-state index is 11.9. The fourth-order valence-electron chi connectivity index (χ4n) is 2.61. The number of carbonyl (C=O) groups is 1. The number of aromatic nitrogens is 1. The molecule has 3 nitrogen and oxygen atoms in total. The van der Waals surface area contributed by atoms with E-state index in [0.29, 0.717) is 24.3 Å². The Hall–Kier alpha value is -0.900. The van der Waals surface area contributed by atoms with Crippen LogP contribution >= 0.6 is 11.3 Å². The molecule has 2 heterocycles. The molecular formula is C14H22N2OS. The summed E-state index contributed by atoms with van der Waals surface area (Å²) in [7, 11) is 0. The van der Waals surface area contributed by atoms with Gasteiger partial charge in [0.15, 0.2) is 0 Å². The zero-order chi connectivity index (χ0) is 13.1. The number of thiazole rings is 1. The van der Waals surface area contributed by atoms with Gasteiger partial charge in [-0.2, -0.15) is 0 Å². The predicted octanol–water partition coefficient (Wildman–Crippen LogP) is 3.10. The molecule has 0 spiro atoms. The van der Waals surface area contributed by atoms with Crippen LogP contribution in [0.4, 0.5) is 0 Å². The van der Waals surface area contributed by atoms with Crippen LogP contribution in [0, 0.1) is 11.8 Å². The van der Waals surface area contributed by atoms with Crippen LogP contribution in [0.1, 0.15) is 44.3 Å². The van der Waals surface area contributed by atoms with E-state index >= 15 is 0 Å². The highest BCUT2D eigenvalue weighted by molar-refractivity contribution is 7.09. The third kappa shape index (κ3) is 3.31. The van der Waals surface area contributed by atoms with Crippen LogP contribution in [-0.4, -0.2) is 22.3 Å². The molecule has 2 rings (SSSR count). The van der Waals surface area contributed by atoms with Gasteiger partial charge in [-0.25, -0.2) is 4.98 Å². The van der Waals surface area contributed by atoms with E-state index in [1.165, 1.54) is 0 Å². The van der Waals surface area contributed by atoms with Gasteiger partial charge in [0, 0.05) is 18.3 Å². The Morgan fingerprint density at radius 3 is 2.94 bits per heavy atom. The molecule has 0 radical (unpaired) electrons. The lowest BCUT2D eigenvalue weighted by molar-refractivity contribution is -0.128. The molecule has 4 heteroatoms. The summed E-state index contributed by atoms with van der Waals surface area (Å²) in [4.78, 5) is 18.5. The molecule has 1 aromatic rings. The van der Waals surface area contributed by atoms with Crippen molar-refractivity contribution in [3.8, 4) is 0 Å². The molecule has 18 heavy (non-hydrogen) atoms. The Morgan fingerprint density at radius 1 is 1.56 bits per heavy atom. The summed E-state index contributed by atoms with van der Waals surface area (Å²) in [5, 5.41) is 3.25. The molecule has 1 saturated heterocycles. The van der Waals surface area contributed by atoms with Crippen LogP contribution in [0.3, 0.4) is 0 Å². The highest BCUT2D eigenvalue weighted by atomic mass is 32.1. The minimum Gasteiger partial charge on any atom is -0.336 e. The quantitative estimate of drug-likeness (QED) is 0.820. The molecule has 1 fully saturated rings. The SMILES string of the molecule is CCc1nc(CN2C[C@@H](CC(C)C)CC2=O)cs1. The predicted molar refractivity (Wildman–Crippen MR) is 74.5 cm³/mol. The fourth-order valence-corrected chi connectivity index (χ4v) is 3.35. The van der Waals surface area contributed by atoms with E-state index in [9.17, 15) is 4.79 Å². The Balaban J connectivity index is 1.91. The number of nitrogens with zero attached hydrogens (tertiary/aromatic N) is 2. The summed E-state index contributed by atoms with van der Waals surface area (Å²) in [5.41, 5.74) is 1.05. The van der Waals surface area contributed by atoms with Gasteiger partial charge < -0.3 is 4.90 Å². The van der Waals surface area contributed by atoms with Crippen LogP contribution < -0.4 is 0 Å². The van der Waals surface area contributed by atoms with E-state index in [1.54, 1.807) is 11.3 Å². The Labute approximate surface area is 113 Å². The lowest BCUT2D eigenvalue weighted by Gasteiger charge is -2.16. The highest BCUT2D eigenvalue weighted by Gasteiger charge is 2.30. The topological polar surface area (TPSA) is 33.2 Å². The summed E-state index contributed by atoms with van der Waals surface area (Å²) in [6, 6.07) is 0. The summed E-state index contributed by atoms with van der Waals surface area (Å²) in [6.45, 7) is 8.17. The van der Waals surface area contributed by atoms with E-state index in [4.69, 9.17) is 0 Å². The molecule has 1 aliphatic rings. The summed E-state index contributed by atoms with van der Waals surface area (Å²) >= 11 is 1.70. The number of hydrogen-bond donors (Lipinski definition) is 0. The lowest BCUT2D eigenvalue weighted by atomic mass is 9.96. The second-order valence-electron chi connectivity index (χ2n) is 5.56. The van der Waals surface area contributed by atoms with Gasteiger partial charge in [0.1, 0.15) is 0 Å². The Kier molecular flexibility index (Phi) is 4.38. The zero-order valence-corrected chi connectivity index (χ0v) is 12.3. The normalized spacial score (nSPS) is 20.1. The molecule has 0 aromatic carbocycles. The average molecular weight is 266 g/mol. The highest BCUT2D eigenvalue weighted by Crippen LogP contribution is 2.25. The molecular weight excluding hydrogens is 244 g/mol. The third-order valence-electron chi connectivity index (χ3n) is 3.35. The van der Waals surface area contributed by atoms with Gasteiger partial charge in [-0.1, -0.05) is 20.8 Å². The molecule has 1 aromatic heterocycles. The van der Waals surface area contributed by atoms with Crippen molar-refractivity contribution in [2.45, 2.75) is 46.6 Å². The largest absolute Gasteiger partial charge is 0.336 e. The number of likely N-dealkylation sites (tertiary alicyclic amines) is 1. The van der Waals surface area contributed by atoms with E-state index < -0.39 is 0 Å². The molecule has 0 unspecified atom stereocenters. The maximum atomic E-state index is 11.9. The van der Waals surface area contributed by atoms with E-state index in [0.717, 1.165) is 36.5 Å². The number of amides is 1. The van der Waals surface area contributed by atoms with Crippen LogP contribution in [-0.2, 0) is 17.8 Å². The van der Waals surface area contributed by atoms with Gasteiger partial charge in [-0.3, -0.25) is 4.79 Å². The second-order valence-corrected chi connectivity index (χ2v) is 6.50. The van der Waals surface area contributed by atoms with Gasteiger partial charge in [0.05, 0.1) is 17.2 Å².